The van der Waals surface area contributed by atoms with E-state index in [0.717, 1.165) is 31.9 Å². The van der Waals surface area contributed by atoms with Crippen LogP contribution in [0.15, 0.2) is 24.3 Å². The molecule has 0 spiro atoms. The van der Waals surface area contributed by atoms with Gasteiger partial charge in [0.2, 0.25) is 0 Å². The van der Waals surface area contributed by atoms with Crippen LogP contribution in [0.2, 0.25) is 0 Å². The highest BCUT2D eigenvalue weighted by molar-refractivity contribution is 5.83. The first-order valence-electron chi connectivity index (χ1n) is 7.41. The SMILES string of the molecule is [CH2]C#Cc1cc2cc(CNCCN(C)C)ccc2n1CC. The van der Waals surface area contributed by atoms with Gasteiger partial charge in [-0.3, -0.25) is 0 Å². The summed E-state index contributed by atoms with van der Waals surface area (Å²) in [4.78, 5) is 2.18. The molecule has 1 aromatic heterocycles. The van der Waals surface area contributed by atoms with E-state index in [1.165, 1.54) is 16.5 Å². The Bertz CT molecular complexity index is 656. The molecular formula is C18H24N3. The minimum absolute atomic E-state index is 0.900. The molecule has 21 heavy (non-hydrogen) atoms. The molecule has 3 nitrogen and oxygen atoms in total. The average molecular weight is 282 g/mol. The quantitative estimate of drug-likeness (QED) is 0.649. The largest absolute Gasteiger partial charge is 0.334 e. The van der Waals surface area contributed by atoms with Crippen LogP contribution in [-0.2, 0) is 13.1 Å². The van der Waals surface area contributed by atoms with Crippen LogP contribution in [0.5, 0.6) is 0 Å². The molecule has 2 aromatic rings. The van der Waals surface area contributed by atoms with Gasteiger partial charge >= 0.3 is 0 Å². The molecule has 1 N–H and O–H groups in total. The van der Waals surface area contributed by atoms with E-state index in [1.807, 2.05) is 0 Å². The van der Waals surface area contributed by atoms with Crippen LogP contribution in [0.1, 0.15) is 18.2 Å². The predicted molar refractivity (Wildman–Crippen MR) is 90.1 cm³/mol. The fourth-order valence-electron chi connectivity index (χ4n) is 2.50. The molecule has 2 rings (SSSR count). The summed E-state index contributed by atoms with van der Waals surface area (Å²) in [7, 11) is 4.18. The minimum Gasteiger partial charge on any atom is -0.334 e. The highest BCUT2D eigenvalue weighted by Crippen LogP contribution is 2.21. The van der Waals surface area contributed by atoms with Gasteiger partial charge in [0.05, 0.1) is 5.69 Å². The molecule has 0 bridgehead atoms. The van der Waals surface area contributed by atoms with E-state index in [2.05, 4.69) is 78.8 Å². The molecule has 0 fully saturated rings. The molecule has 3 heteroatoms. The fourth-order valence-corrected chi connectivity index (χ4v) is 2.50. The lowest BCUT2D eigenvalue weighted by molar-refractivity contribution is 0.400. The topological polar surface area (TPSA) is 20.2 Å². The average Bonchev–Trinajstić information content (AvgIpc) is 2.80. The van der Waals surface area contributed by atoms with E-state index in [4.69, 9.17) is 0 Å². The van der Waals surface area contributed by atoms with Gasteiger partial charge < -0.3 is 14.8 Å². The van der Waals surface area contributed by atoms with Crippen LogP contribution in [-0.4, -0.2) is 36.7 Å². The molecule has 1 radical (unpaired) electrons. The van der Waals surface area contributed by atoms with Gasteiger partial charge in [0, 0.05) is 44.0 Å². The number of nitrogens with zero attached hydrogens (tertiary/aromatic N) is 2. The van der Waals surface area contributed by atoms with E-state index in [0.29, 0.717) is 0 Å². The normalized spacial score (nSPS) is 10.9. The Kier molecular flexibility index (Phi) is 5.44. The van der Waals surface area contributed by atoms with Crippen LogP contribution in [0.4, 0.5) is 0 Å². The van der Waals surface area contributed by atoms with Crippen molar-refractivity contribution in [2.24, 2.45) is 0 Å². The molecular weight excluding hydrogens is 258 g/mol. The Morgan fingerprint density at radius 1 is 1.29 bits per heavy atom. The number of aryl methyl sites for hydroxylation is 1. The Balaban J connectivity index is 2.15. The third-order valence-corrected chi connectivity index (χ3v) is 3.56. The van der Waals surface area contributed by atoms with Gasteiger partial charge in [-0.05, 0) is 50.7 Å². The molecule has 0 aliphatic rings. The molecule has 0 aliphatic carbocycles. The molecule has 0 saturated heterocycles. The molecule has 0 aliphatic heterocycles. The molecule has 1 heterocycles. The summed E-state index contributed by atoms with van der Waals surface area (Å²) in [6.45, 7) is 9.64. The van der Waals surface area contributed by atoms with Crippen LogP contribution in [0.25, 0.3) is 10.9 Å². The summed E-state index contributed by atoms with van der Waals surface area (Å²) < 4.78 is 2.23. The highest BCUT2D eigenvalue weighted by Gasteiger charge is 2.06. The molecule has 111 valence electrons. The fraction of sp³-hybridized carbons (Fsp3) is 0.389. The van der Waals surface area contributed by atoms with Crippen molar-refractivity contribution in [2.75, 3.05) is 27.2 Å². The Hall–Kier alpha value is -1.76. The summed E-state index contributed by atoms with van der Waals surface area (Å²) in [5.74, 6) is 5.83. The van der Waals surface area contributed by atoms with Gasteiger partial charge in [0.15, 0.2) is 0 Å². The van der Waals surface area contributed by atoms with Gasteiger partial charge in [-0.15, -0.1) is 0 Å². The van der Waals surface area contributed by atoms with Crippen molar-refractivity contribution in [3.63, 3.8) is 0 Å². The van der Waals surface area contributed by atoms with Gasteiger partial charge in [-0.25, -0.2) is 0 Å². The van der Waals surface area contributed by atoms with E-state index < -0.39 is 0 Å². The van der Waals surface area contributed by atoms with Gasteiger partial charge in [0.25, 0.3) is 0 Å². The van der Waals surface area contributed by atoms with Crippen molar-refractivity contribution < 1.29 is 0 Å². The van der Waals surface area contributed by atoms with Crippen LogP contribution in [0, 0.1) is 18.8 Å². The number of rotatable bonds is 6. The zero-order valence-electron chi connectivity index (χ0n) is 13.2. The van der Waals surface area contributed by atoms with Gasteiger partial charge in [-0.2, -0.15) is 0 Å². The van der Waals surface area contributed by atoms with Crippen molar-refractivity contribution in [3.05, 3.63) is 42.4 Å². The van der Waals surface area contributed by atoms with Crippen molar-refractivity contribution in [2.45, 2.75) is 20.0 Å². The molecule has 1 aromatic carbocycles. The maximum absolute atomic E-state index is 3.62. The Morgan fingerprint density at radius 2 is 2.10 bits per heavy atom. The third-order valence-electron chi connectivity index (χ3n) is 3.56. The number of nitrogens with one attached hydrogen (secondary N) is 1. The predicted octanol–water partition coefficient (Wildman–Crippen LogP) is 2.50. The first-order valence-corrected chi connectivity index (χ1v) is 7.41. The van der Waals surface area contributed by atoms with E-state index >= 15 is 0 Å². The monoisotopic (exact) mass is 282 g/mol. The van der Waals surface area contributed by atoms with Crippen LogP contribution in [0.3, 0.4) is 0 Å². The summed E-state index contributed by atoms with van der Waals surface area (Å²) >= 11 is 0. The summed E-state index contributed by atoms with van der Waals surface area (Å²) in [5.41, 5.74) is 3.59. The summed E-state index contributed by atoms with van der Waals surface area (Å²) in [6, 6.07) is 8.79. The highest BCUT2D eigenvalue weighted by atomic mass is 15.1. The maximum atomic E-state index is 3.62. The lowest BCUT2D eigenvalue weighted by atomic mass is 10.1. The zero-order chi connectivity index (χ0) is 15.2. The van der Waals surface area contributed by atoms with Gasteiger partial charge in [0.1, 0.15) is 0 Å². The second-order valence-corrected chi connectivity index (χ2v) is 5.45. The third kappa shape index (κ3) is 3.87. The van der Waals surface area contributed by atoms with Crippen molar-refractivity contribution in [3.8, 4) is 11.8 Å². The number of benzene rings is 1. The van der Waals surface area contributed by atoms with E-state index in [-0.39, 0.29) is 0 Å². The number of hydrogen-bond acceptors (Lipinski definition) is 2. The Labute approximate surface area is 127 Å². The van der Waals surface area contributed by atoms with Crippen LogP contribution < -0.4 is 5.32 Å². The van der Waals surface area contributed by atoms with Crippen molar-refractivity contribution >= 4 is 10.9 Å². The number of likely N-dealkylation sites (N-methyl/N-ethyl adjacent to an activating group) is 1. The zero-order valence-corrected chi connectivity index (χ0v) is 13.2. The standard InChI is InChI=1S/C18H24N3/c1-5-7-17-13-16-12-15(14-19-10-11-20(3)4)8-9-18(16)21(17)6-2/h8-9,12-13,19H,1,6,10-11,14H2,2-4H3. The van der Waals surface area contributed by atoms with Crippen molar-refractivity contribution in [1.82, 2.24) is 14.8 Å². The lowest BCUT2D eigenvalue weighted by Gasteiger charge is -2.10. The summed E-state index contributed by atoms with van der Waals surface area (Å²) in [5, 5.41) is 4.72. The number of aromatic nitrogens is 1. The summed E-state index contributed by atoms with van der Waals surface area (Å²) in [6.07, 6.45) is 0. The van der Waals surface area contributed by atoms with Gasteiger partial charge in [-0.1, -0.05) is 12.0 Å². The second kappa shape index (κ2) is 7.31. The first-order chi connectivity index (χ1) is 10.2. The van der Waals surface area contributed by atoms with Crippen LogP contribution >= 0.6 is 0 Å². The number of hydrogen-bond donors (Lipinski definition) is 1. The Morgan fingerprint density at radius 3 is 2.76 bits per heavy atom. The molecule has 0 saturated carbocycles. The molecule has 0 amide bonds. The molecule has 0 unspecified atom stereocenters. The maximum Gasteiger partial charge on any atom is 0.0930 e. The lowest BCUT2D eigenvalue weighted by Crippen LogP contribution is -2.26. The molecule has 0 atom stereocenters. The van der Waals surface area contributed by atoms with Crippen molar-refractivity contribution in [1.29, 1.82) is 0 Å². The number of fused-ring (bicyclic) bond motifs is 1. The first kappa shape index (κ1) is 15.6. The van der Waals surface area contributed by atoms with E-state index in [1.54, 1.807) is 0 Å². The smallest absolute Gasteiger partial charge is 0.0930 e. The van der Waals surface area contributed by atoms with E-state index in [9.17, 15) is 0 Å². The minimum atomic E-state index is 0.900. The second-order valence-electron chi connectivity index (χ2n) is 5.45.